The lowest BCUT2D eigenvalue weighted by atomic mass is 10.1. The van der Waals surface area contributed by atoms with Gasteiger partial charge in [0.2, 0.25) is 0 Å². The van der Waals surface area contributed by atoms with Crippen molar-refractivity contribution in [3.63, 3.8) is 0 Å². The van der Waals surface area contributed by atoms with Gasteiger partial charge in [-0.1, -0.05) is 144 Å². The zero-order valence-corrected chi connectivity index (χ0v) is 47.0. The molecule has 3 aliphatic heterocycles. The lowest BCUT2D eigenvalue weighted by Crippen LogP contribution is -2.41. The van der Waals surface area contributed by atoms with E-state index in [4.69, 9.17) is 0 Å². The molecule has 6 aromatic rings. The summed E-state index contributed by atoms with van der Waals surface area (Å²) in [6, 6.07) is 46.0. The van der Waals surface area contributed by atoms with Gasteiger partial charge in [-0.3, -0.25) is 13.7 Å². The van der Waals surface area contributed by atoms with Gasteiger partial charge in [-0.15, -0.1) is 8.99 Å². The van der Waals surface area contributed by atoms with Gasteiger partial charge in [0.25, 0.3) is 22.6 Å². The Morgan fingerprint density at radius 2 is 0.744 bits per heavy atom. The molecule has 0 radical (unpaired) electrons. The molecule has 3 heterocycles. The Balaban J connectivity index is 0.000000263. The first-order valence-corrected chi connectivity index (χ1v) is 32.6. The molecular weight excluding hydrogens is 1180 g/mol. The molecule has 0 unspecified atom stereocenters. The molecular formula is C54H69F8N8O7P3S2. The molecule has 0 bridgehead atoms. The molecule has 3 fully saturated rings. The van der Waals surface area contributed by atoms with E-state index in [9.17, 15) is 65.7 Å². The number of alkyl halides is 6. The number of rotatable bonds is 14. The van der Waals surface area contributed by atoms with Gasteiger partial charge in [-0.2, -0.15) is 26.3 Å². The van der Waals surface area contributed by atoms with E-state index in [1.807, 2.05) is 0 Å². The van der Waals surface area contributed by atoms with Gasteiger partial charge >= 0.3 is 31.1 Å². The van der Waals surface area contributed by atoms with Crippen LogP contribution in [0.15, 0.2) is 170 Å². The minimum atomic E-state index is -5.83. The summed E-state index contributed by atoms with van der Waals surface area (Å²) in [6.45, 7) is 6.96. The monoisotopic (exact) mass is 1250 g/mol. The zero-order chi connectivity index (χ0) is 57.6. The molecule has 0 amide bonds. The van der Waals surface area contributed by atoms with Crippen LogP contribution >= 0.6 is 22.6 Å². The van der Waals surface area contributed by atoms with Gasteiger partial charge in [0.15, 0.2) is 0 Å². The molecule has 0 aliphatic carbocycles. The Morgan fingerprint density at radius 1 is 0.451 bits per heavy atom. The van der Waals surface area contributed by atoms with Gasteiger partial charge < -0.3 is 9.34 Å². The van der Waals surface area contributed by atoms with E-state index in [0.29, 0.717) is 13.1 Å². The van der Waals surface area contributed by atoms with Crippen LogP contribution in [-0.2, 0) is 46.8 Å². The number of hydrogen-bond donors (Lipinski definition) is 2. The van der Waals surface area contributed by atoms with Crippen molar-refractivity contribution in [2.45, 2.75) is 72.3 Å². The SMILES string of the molecule is C.C.C.CP1(=O)N(c2ccc(F)cc2)CCN1c1ccc(F)cc1.C[C@@H](c1ccccc1)N1CCN([C@@H](C)c2ccccc2)P1(=O)NS(=O)(=O)C(F)(F)F.O=P1(NS(=O)(=O)C(F)(F)F)N(Cc2ccccc2)CCN1Cc1ccccc1. The molecule has 450 valence electrons. The molecule has 0 aromatic heterocycles. The molecule has 15 nitrogen and oxygen atoms in total. The van der Waals surface area contributed by atoms with Crippen molar-refractivity contribution in [1.29, 1.82) is 0 Å². The fraction of sp³-hybridized carbons (Fsp3) is 0.333. The number of nitrogens with one attached hydrogen (secondary N) is 2. The van der Waals surface area contributed by atoms with Crippen LogP contribution in [0.3, 0.4) is 0 Å². The minimum absolute atomic E-state index is 0. The van der Waals surface area contributed by atoms with Crippen molar-refractivity contribution in [2.24, 2.45) is 0 Å². The Labute approximate surface area is 476 Å². The highest BCUT2D eigenvalue weighted by atomic mass is 32.2. The third-order valence-electron chi connectivity index (χ3n) is 13.3. The maximum Gasteiger partial charge on any atom is 0.511 e. The van der Waals surface area contributed by atoms with E-state index < -0.39 is 65.8 Å². The van der Waals surface area contributed by atoms with Crippen LogP contribution in [0, 0.1) is 11.6 Å². The van der Waals surface area contributed by atoms with Crippen molar-refractivity contribution in [3.05, 3.63) is 204 Å². The van der Waals surface area contributed by atoms with Crippen molar-refractivity contribution in [2.75, 3.05) is 55.3 Å². The fourth-order valence-electron chi connectivity index (χ4n) is 9.15. The van der Waals surface area contributed by atoms with Crippen LogP contribution < -0.4 is 18.3 Å². The van der Waals surface area contributed by atoms with Crippen LogP contribution in [0.25, 0.3) is 0 Å². The molecule has 0 spiro atoms. The number of hydrogen-bond acceptors (Lipinski definition) is 7. The maximum absolute atomic E-state index is 14.0. The smallest absolute Gasteiger partial charge is 0.305 e. The summed E-state index contributed by atoms with van der Waals surface area (Å²) >= 11 is 0. The Bertz CT molecular complexity index is 3200. The third kappa shape index (κ3) is 15.9. The highest BCUT2D eigenvalue weighted by Crippen LogP contribution is 2.62. The minimum Gasteiger partial charge on any atom is -0.305 e. The summed E-state index contributed by atoms with van der Waals surface area (Å²) in [5.41, 5.74) is -6.79. The van der Waals surface area contributed by atoms with Gasteiger partial charge in [-0.25, -0.2) is 44.3 Å². The van der Waals surface area contributed by atoms with E-state index in [-0.39, 0.29) is 73.2 Å². The number of benzene rings is 6. The number of sulfonamides is 2. The van der Waals surface area contributed by atoms with Crippen LogP contribution in [0.1, 0.15) is 70.5 Å². The lowest BCUT2D eigenvalue weighted by molar-refractivity contribution is -0.0448. The van der Waals surface area contributed by atoms with E-state index in [2.05, 4.69) is 0 Å². The van der Waals surface area contributed by atoms with Crippen molar-refractivity contribution >= 4 is 54.1 Å². The van der Waals surface area contributed by atoms with E-state index in [1.165, 1.54) is 51.9 Å². The topological polar surface area (TPSA) is 163 Å². The maximum atomic E-state index is 14.0. The first-order chi connectivity index (χ1) is 37.1. The molecule has 9 rings (SSSR count). The standard InChI is InChI=1S/C19H23F3N3O3PS.C17H19F3N3O3PS.C15H15F2N2OP.3CH4/c1-15(17-9-5-3-6-10-17)24-13-14-25(16(2)18-11-7-4-8-12-18)29(24,26)23-30(27,28)19(20,21)22;18-17(19,20)28(25,26)21-27(24)22(13-15-7-3-1-4-8-15)11-12-23(27)14-16-9-5-2-6-10-16;1-21(20)18(14-6-2-12(16)3-7-14)10-11-19(21)15-8-4-13(17)5-9-15;;;/h3-12,15-16H,13-14H2,1-2H3,(H,23,26);1-10H,11-14H2,(H,21,24);2-9H,10-11H2,1H3;3*1H4/t15-,16-;;;;;/m0...../s1. The highest BCUT2D eigenvalue weighted by molar-refractivity contribution is 7.96. The molecule has 2 atom stereocenters. The van der Waals surface area contributed by atoms with Gasteiger partial charge in [0.05, 0.1) is 0 Å². The summed E-state index contributed by atoms with van der Waals surface area (Å²) < 4.78 is 204. The molecule has 3 aliphatic rings. The van der Waals surface area contributed by atoms with Crippen LogP contribution in [0.5, 0.6) is 0 Å². The van der Waals surface area contributed by atoms with Gasteiger partial charge in [-0.05, 0) is 84.6 Å². The van der Waals surface area contributed by atoms with E-state index >= 15 is 0 Å². The second-order valence-corrected chi connectivity index (χ2v) is 29.8. The summed E-state index contributed by atoms with van der Waals surface area (Å²) in [5.74, 6) is -0.640. The predicted molar refractivity (Wildman–Crippen MR) is 309 cm³/mol. The molecule has 82 heavy (non-hydrogen) atoms. The average molecular weight is 1250 g/mol. The van der Waals surface area contributed by atoms with E-state index in [1.54, 1.807) is 175 Å². The van der Waals surface area contributed by atoms with Crippen LogP contribution in [-0.4, -0.2) is 92.5 Å². The van der Waals surface area contributed by atoms with Gasteiger partial charge in [0, 0.05) is 82.5 Å². The molecule has 28 heteroatoms. The largest absolute Gasteiger partial charge is 0.511 e. The van der Waals surface area contributed by atoms with Crippen molar-refractivity contribution in [3.8, 4) is 0 Å². The number of anilines is 2. The highest BCUT2D eigenvalue weighted by Gasteiger charge is 2.57. The van der Waals surface area contributed by atoms with Crippen LogP contribution in [0.2, 0.25) is 0 Å². The average Bonchev–Trinajstić information content (AvgIpc) is 3.03. The first-order valence-electron chi connectivity index (χ1n) is 24.4. The summed E-state index contributed by atoms with van der Waals surface area (Å²) in [6.07, 6.45) is 0. The Morgan fingerprint density at radius 3 is 1.05 bits per heavy atom. The number of nitrogens with zero attached hydrogens (tertiary/aromatic N) is 6. The molecule has 0 saturated carbocycles. The lowest BCUT2D eigenvalue weighted by Gasteiger charge is -2.36. The quantitative estimate of drug-likeness (QED) is 0.0783. The van der Waals surface area contributed by atoms with Crippen LogP contribution in [0.4, 0.5) is 46.5 Å². The summed E-state index contributed by atoms with van der Waals surface area (Å²) in [5, 5.41) is 0. The predicted octanol–water partition coefficient (Wildman–Crippen LogP) is 14.2. The molecule has 6 aromatic carbocycles. The fourth-order valence-corrected chi connectivity index (χ4v) is 20.6. The van der Waals surface area contributed by atoms with Gasteiger partial charge in [0.1, 0.15) is 11.6 Å². The molecule has 3 saturated heterocycles. The zero-order valence-electron chi connectivity index (χ0n) is 42.7. The molecule has 2 N–H and O–H groups in total. The Kier molecular flexibility index (Phi) is 23.7. The normalized spacial score (nSPS) is 18.1. The van der Waals surface area contributed by atoms with E-state index in [0.717, 1.165) is 33.6 Å². The third-order valence-corrected chi connectivity index (χ3v) is 25.7. The second-order valence-electron chi connectivity index (χ2n) is 18.5. The second kappa shape index (κ2) is 28.1. The van der Waals surface area contributed by atoms with Crippen molar-refractivity contribution < 1.29 is 65.7 Å². The van der Waals surface area contributed by atoms with Crippen molar-refractivity contribution in [1.82, 2.24) is 27.7 Å². The Hall–Kier alpha value is -5.29. The summed E-state index contributed by atoms with van der Waals surface area (Å²) in [7, 11) is -23.0. The number of halogens is 8. The summed E-state index contributed by atoms with van der Waals surface area (Å²) in [4.78, 5) is 0. The first kappa shape index (κ1) is 69.2.